The van der Waals surface area contributed by atoms with Crippen LogP contribution in [0.1, 0.15) is 38.9 Å². The molecule has 0 N–H and O–H groups in total. The number of imidazole rings is 1. The van der Waals surface area contributed by atoms with E-state index < -0.39 is 0 Å². The summed E-state index contributed by atoms with van der Waals surface area (Å²) in [5.41, 5.74) is 1.77. The molecule has 134 valence electrons. The van der Waals surface area contributed by atoms with Gasteiger partial charge in [-0.15, -0.1) is 0 Å². The molecule has 0 unspecified atom stereocenters. The molecule has 0 radical (unpaired) electrons. The summed E-state index contributed by atoms with van der Waals surface area (Å²) in [7, 11) is 0. The molecule has 2 aliphatic heterocycles. The smallest absolute Gasteiger partial charge is 0.243 e. The van der Waals surface area contributed by atoms with Crippen LogP contribution in [0.3, 0.4) is 0 Å². The molecule has 1 aromatic heterocycles. The second kappa shape index (κ2) is 6.24. The maximum absolute atomic E-state index is 13.0. The number of rotatable bonds is 2. The average molecular weight is 343 g/mol. The maximum Gasteiger partial charge on any atom is 0.243 e. The largest absolute Gasteiger partial charge is 0.486 e. The van der Waals surface area contributed by atoms with Gasteiger partial charge >= 0.3 is 0 Å². The standard InChI is InChI=1S/C19H25N3O3/c1-12-5-4-6-13(2)22(12)19(23)11-21-14(3)20-15-9-17-18(10-16(15)21)25-8-7-24-17/h9-10,12-13H,4-8,11H2,1-3H3/t12-,13-/m0/s1. The van der Waals surface area contributed by atoms with Crippen molar-refractivity contribution in [2.45, 2.75) is 58.7 Å². The molecular formula is C19H25N3O3. The van der Waals surface area contributed by atoms with Crippen LogP contribution in [0.4, 0.5) is 0 Å². The summed E-state index contributed by atoms with van der Waals surface area (Å²) >= 11 is 0. The van der Waals surface area contributed by atoms with Gasteiger partial charge in [-0.1, -0.05) is 0 Å². The van der Waals surface area contributed by atoms with E-state index in [9.17, 15) is 4.79 Å². The van der Waals surface area contributed by atoms with Crippen LogP contribution in [0.5, 0.6) is 11.5 Å². The number of aryl methyl sites for hydroxylation is 1. The van der Waals surface area contributed by atoms with Crippen molar-refractivity contribution in [2.24, 2.45) is 0 Å². The molecule has 25 heavy (non-hydrogen) atoms. The first-order valence-electron chi connectivity index (χ1n) is 9.12. The van der Waals surface area contributed by atoms with Crippen LogP contribution >= 0.6 is 0 Å². The van der Waals surface area contributed by atoms with Crippen molar-refractivity contribution >= 4 is 16.9 Å². The van der Waals surface area contributed by atoms with Crippen molar-refractivity contribution in [3.05, 3.63) is 18.0 Å². The summed E-state index contributed by atoms with van der Waals surface area (Å²) in [4.78, 5) is 19.7. The van der Waals surface area contributed by atoms with Gasteiger partial charge < -0.3 is 18.9 Å². The van der Waals surface area contributed by atoms with Crippen molar-refractivity contribution in [3.63, 3.8) is 0 Å². The number of hydrogen-bond acceptors (Lipinski definition) is 4. The first-order chi connectivity index (χ1) is 12.0. The lowest BCUT2D eigenvalue weighted by Crippen LogP contribution is -2.48. The second-order valence-corrected chi connectivity index (χ2v) is 7.16. The topological polar surface area (TPSA) is 56.6 Å². The van der Waals surface area contributed by atoms with Crippen LogP contribution in [0, 0.1) is 6.92 Å². The van der Waals surface area contributed by atoms with E-state index in [1.54, 1.807) is 0 Å². The lowest BCUT2D eigenvalue weighted by molar-refractivity contribution is -0.137. The number of hydrogen-bond donors (Lipinski definition) is 0. The monoisotopic (exact) mass is 343 g/mol. The summed E-state index contributed by atoms with van der Waals surface area (Å²) in [6.07, 6.45) is 3.36. The Morgan fingerprint density at radius 1 is 1.16 bits per heavy atom. The number of ether oxygens (including phenoxy) is 2. The van der Waals surface area contributed by atoms with Crippen molar-refractivity contribution < 1.29 is 14.3 Å². The van der Waals surface area contributed by atoms with E-state index in [2.05, 4.69) is 18.8 Å². The van der Waals surface area contributed by atoms with Crippen molar-refractivity contribution in [3.8, 4) is 11.5 Å². The Morgan fingerprint density at radius 2 is 1.80 bits per heavy atom. The number of carbonyl (C=O) groups excluding carboxylic acids is 1. The highest BCUT2D eigenvalue weighted by atomic mass is 16.6. The predicted molar refractivity (Wildman–Crippen MR) is 95.1 cm³/mol. The summed E-state index contributed by atoms with van der Waals surface area (Å²) in [6.45, 7) is 7.66. The minimum atomic E-state index is 0.164. The zero-order valence-electron chi connectivity index (χ0n) is 15.1. The van der Waals surface area contributed by atoms with Crippen LogP contribution in [0.25, 0.3) is 11.0 Å². The quantitative estimate of drug-likeness (QED) is 0.841. The molecule has 2 aliphatic rings. The summed E-state index contributed by atoms with van der Waals surface area (Å²) < 4.78 is 13.3. The first-order valence-corrected chi connectivity index (χ1v) is 9.12. The Labute approximate surface area is 147 Å². The number of carbonyl (C=O) groups is 1. The normalized spacial score (nSPS) is 23.1. The molecule has 1 aromatic carbocycles. The van der Waals surface area contributed by atoms with E-state index >= 15 is 0 Å². The first kappa shape index (κ1) is 16.2. The highest BCUT2D eigenvalue weighted by molar-refractivity contribution is 5.84. The lowest BCUT2D eigenvalue weighted by atomic mass is 9.97. The minimum Gasteiger partial charge on any atom is -0.486 e. The molecule has 2 aromatic rings. The Balaban J connectivity index is 1.66. The van der Waals surface area contributed by atoms with Crippen LogP contribution in [0.2, 0.25) is 0 Å². The zero-order valence-corrected chi connectivity index (χ0v) is 15.1. The molecule has 1 fully saturated rings. The van der Waals surface area contributed by atoms with Crippen molar-refractivity contribution in [1.82, 2.24) is 14.5 Å². The molecule has 0 saturated carbocycles. The number of piperidine rings is 1. The van der Waals surface area contributed by atoms with Crippen molar-refractivity contribution in [1.29, 1.82) is 0 Å². The average Bonchev–Trinajstić information content (AvgIpc) is 2.87. The van der Waals surface area contributed by atoms with E-state index in [0.29, 0.717) is 31.8 Å². The predicted octanol–water partition coefficient (Wildman–Crippen LogP) is 2.91. The van der Waals surface area contributed by atoms with Gasteiger partial charge in [0, 0.05) is 24.2 Å². The van der Waals surface area contributed by atoms with E-state index in [4.69, 9.17) is 9.47 Å². The number of aromatic nitrogens is 2. The van der Waals surface area contributed by atoms with Crippen LogP contribution in [0.15, 0.2) is 12.1 Å². The Bertz CT molecular complexity index is 804. The van der Waals surface area contributed by atoms with Gasteiger partial charge in [0.2, 0.25) is 5.91 Å². The summed E-state index contributed by atoms with van der Waals surface area (Å²) in [5, 5.41) is 0. The van der Waals surface area contributed by atoms with Crippen molar-refractivity contribution in [2.75, 3.05) is 13.2 Å². The number of likely N-dealkylation sites (tertiary alicyclic amines) is 1. The van der Waals surface area contributed by atoms with Crippen LogP contribution < -0.4 is 9.47 Å². The van der Waals surface area contributed by atoms with Crippen LogP contribution in [-0.2, 0) is 11.3 Å². The summed E-state index contributed by atoms with van der Waals surface area (Å²) in [6, 6.07) is 4.45. The van der Waals surface area contributed by atoms with Gasteiger partial charge in [-0.2, -0.15) is 0 Å². The van der Waals surface area contributed by atoms with Gasteiger partial charge in [0.25, 0.3) is 0 Å². The Kier molecular flexibility index (Phi) is 4.06. The Hall–Kier alpha value is -2.24. The molecule has 1 amide bonds. The fourth-order valence-electron chi connectivity index (χ4n) is 4.11. The summed E-state index contributed by atoms with van der Waals surface area (Å²) in [5.74, 6) is 2.46. The van der Waals surface area contributed by atoms with Gasteiger partial charge in [-0.25, -0.2) is 4.98 Å². The van der Waals surface area contributed by atoms with E-state index in [1.807, 2.05) is 28.5 Å². The van der Waals surface area contributed by atoms with Gasteiger partial charge in [0.15, 0.2) is 11.5 Å². The minimum absolute atomic E-state index is 0.164. The molecule has 1 saturated heterocycles. The third kappa shape index (κ3) is 2.83. The van der Waals surface area contributed by atoms with Gasteiger partial charge in [0.1, 0.15) is 25.6 Å². The molecule has 6 heteroatoms. The van der Waals surface area contributed by atoms with Crippen LogP contribution in [-0.4, -0.2) is 45.7 Å². The zero-order chi connectivity index (χ0) is 17.6. The molecule has 0 spiro atoms. The third-order valence-corrected chi connectivity index (χ3v) is 5.38. The lowest BCUT2D eigenvalue weighted by Gasteiger charge is -2.39. The maximum atomic E-state index is 13.0. The third-order valence-electron chi connectivity index (χ3n) is 5.38. The van der Waals surface area contributed by atoms with E-state index in [1.165, 1.54) is 6.42 Å². The van der Waals surface area contributed by atoms with Gasteiger partial charge in [0.05, 0.1) is 11.0 Å². The SMILES string of the molecule is Cc1nc2cc3c(cc2n1CC(=O)N1[C@@H](C)CCC[C@@H]1C)OCCO3. The van der Waals surface area contributed by atoms with E-state index in [-0.39, 0.29) is 5.91 Å². The Morgan fingerprint density at radius 3 is 2.48 bits per heavy atom. The molecule has 3 heterocycles. The molecular weight excluding hydrogens is 318 g/mol. The molecule has 4 rings (SSSR count). The number of amides is 1. The number of nitrogens with zero attached hydrogens (tertiary/aromatic N) is 3. The highest BCUT2D eigenvalue weighted by Crippen LogP contribution is 2.35. The number of benzene rings is 1. The van der Waals surface area contributed by atoms with Gasteiger partial charge in [-0.05, 0) is 40.0 Å². The molecule has 0 bridgehead atoms. The molecule has 0 aliphatic carbocycles. The van der Waals surface area contributed by atoms with Gasteiger partial charge in [-0.3, -0.25) is 4.79 Å². The number of fused-ring (bicyclic) bond motifs is 2. The highest BCUT2D eigenvalue weighted by Gasteiger charge is 2.29. The molecule has 6 nitrogen and oxygen atoms in total. The molecule has 2 atom stereocenters. The van der Waals surface area contributed by atoms with E-state index in [0.717, 1.165) is 41.2 Å². The fourth-order valence-corrected chi connectivity index (χ4v) is 4.11. The second-order valence-electron chi connectivity index (χ2n) is 7.16. The fraction of sp³-hybridized carbons (Fsp3) is 0.579.